The van der Waals surface area contributed by atoms with Crippen LogP contribution in [0.25, 0.3) is 0 Å². The average Bonchev–Trinajstić information content (AvgIpc) is 2.67. The Morgan fingerprint density at radius 1 is 1.04 bits per heavy atom. The first-order valence-corrected chi connectivity index (χ1v) is 8.99. The number of methoxy groups -OCH3 is 1. The van der Waals surface area contributed by atoms with Crippen LogP contribution in [-0.2, 0) is 4.79 Å². The van der Waals surface area contributed by atoms with Crippen molar-refractivity contribution in [3.8, 4) is 11.5 Å². The van der Waals surface area contributed by atoms with Crippen LogP contribution in [-0.4, -0.2) is 32.1 Å². The smallest absolute Gasteiger partial charge is 0.262 e. The molecule has 0 aromatic heterocycles. The van der Waals surface area contributed by atoms with Crippen molar-refractivity contribution in [1.82, 2.24) is 5.32 Å². The first kappa shape index (κ1) is 20.3. The van der Waals surface area contributed by atoms with Crippen molar-refractivity contribution in [1.29, 1.82) is 0 Å². The zero-order valence-corrected chi connectivity index (χ0v) is 16.0. The van der Waals surface area contributed by atoms with Gasteiger partial charge in [0.15, 0.2) is 18.1 Å². The van der Waals surface area contributed by atoms with Crippen LogP contribution in [0, 0.1) is 6.92 Å². The summed E-state index contributed by atoms with van der Waals surface area (Å²) in [7, 11) is 1.56. The van der Waals surface area contributed by atoms with E-state index in [1.807, 2.05) is 19.1 Å². The molecule has 0 bridgehead atoms. The van der Waals surface area contributed by atoms with Gasteiger partial charge in [-0.3, -0.25) is 9.59 Å². The summed E-state index contributed by atoms with van der Waals surface area (Å²) in [4.78, 5) is 24.1. The highest BCUT2D eigenvalue weighted by molar-refractivity contribution is 5.96. The molecule has 2 N–H and O–H groups in total. The van der Waals surface area contributed by atoms with Gasteiger partial charge in [-0.1, -0.05) is 19.4 Å². The molecule has 0 aliphatic carbocycles. The van der Waals surface area contributed by atoms with Crippen LogP contribution in [0.3, 0.4) is 0 Å². The Labute approximate surface area is 159 Å². The third kappa shape index (κ3) is 6.33. The van der Waals surface area contributed by atoms with Gasteiger partial charge in [-0.05, 0) is 55.3 Å². The Hall–Kier alpha value is -3.02. The van der Waals surface area contributed by atoms with Crippen molar-refractivity contribution in [2.45, 2.75) is 26.7 Å². The summed E-state index contributed by atoms with van der Waals surface area (Å²) in [6.45, 7) is 4.54. The predicted octanol–water partition coefficient (Wildman–Crippen LogP) is 3.55. The predicted molar refractivity (Wildman–Crippen MR) is 106 cm³/mol. The number of amides is 2. The zero-order chi connectivity index (χ0) is 19.6. The Bertz CT molecular complexity index is 772. The molecule has 2 aromatic rings. The third-order valence-electron chi connectivity index (χ3n) is 3.92. The van der Waals surface area contributed by atoms with Gasteiger partial charge in [0, 0.05) is 17.8 Å². The molecule has 6 heteroatoms. The number of benzene rings is 2. The highest BCUT2D eigenvalue weighted by atomic mass is 16.5. The quantitative estimate of drug-likeness (QED) is 0.662. The number of unbranched alkanes of at least 4 members (excludes halogenated alkanes) is 1. The summed E-state index contributed by atoms with van der Waals surface area (Å²) in [5.41, 5.74) is 2.21. The number of anilines is 1. The number of carbonyl (C=O) groups is 2. The molecular weight excluding hydrogens is 344 g/mol. The number of nitrogens with one attached hydrogen (secondary N) is 2. The third-order valence-corrected chi connectivity index (χ3v) is 3.92. The lowest BCUT2D eigenvalue weighted by molar-refractivity contribution is -0.118. The highest BCUT2D eigenvalue weighted by Gasteiger charge is 2.09. The molecule has 0 spiro atoms. The Morgan fingerprint density at radius 3 is 2.44 bits per heavy atom. The molecule has 0 radical (unpaired) electrons. The molecule has 0 saturated heterocycles. The van der Waals surface area contributed by atoms with Crippen molar-refractivity contribution in [3.63, 3.8) is 0 Å². The molecule has 0 heterocycles. The van der Waals surface area contributed by atoms with E-state index in [2.05, 4.69) is 17.6 Å². The average molecular weight is 370 g/mol. The molecule has 0 saturated carbocycles. The van der Waals surface area contributed by atoms with Gasteiger partial charge in [-0.25, -0.2) is 0 Å². The van der Waals surface area contributed by atoms with Gasteiger partial charge in [-0.2, -0.15) is 0 Å². The van der Waals surface area contributed by atoms with E-state index in [-0.39, 0.29) is 18.4 Å². The van der Waals surface area contributed by atoms with E-state index in [0.29, 0.717) is 29.3 Å². The maximum absolute atomic E-state index is 12.1. The van der Waals surface area contributed by atoms with Gasteiger partial charge in [0.05, 0.1) is 7.11 Å². The van der Waals surface area contributed by atoms with Gasteiger partial charge in [-0.15, -0.1) is 0 Å². The van der Waals surface area contributed by atoms with Gasteiger partial charge in [0.25, 0.3) is 11.8 Å². The van der Waals surface area contributed by atoms with E-state index >= 15 is 0 Å². The van der Waals surface area contributed by atoms with Crippen molar-refractivity contribution >= 4 is 17.5 Å². The number of aryl methyl sites for hydroxylation is 1. The minimum atomic E-state index is -0.294. The molecule has 0 unspecified atom stereocenters. The molecule has 0 aliphatic heterocycles. The Kier molecular flexibility index (Phi) is 7.67. The molecule has 2 aromatic carbocycles. The molecule has 2 rings (SSSR count). The lowest BCUT2D eigenvalue weighted by Crippen LogP contribution is -2.24. The first-order valence-electron chi connectivity index (χ1n) is 8.99. The zero-order valence-electron chi connectivity index (χ0n) is 16.0. The van der Waals surface area contributed by atoms with E-state index in [1.165, 1.54) is 0 Å². The van der Waals surface area contributed by atoms with Crippen LogP contribution in [0.5, 0.6) is 11.5 Å². The maximum atomic E-state index is 12.1. The van der Waals surface area contributed by atoms with E-state index in [1.54, 1.807) is 37.4 Å². The van der Waals surface area contributed by atoms with Gasteiger partial charge < -0.3 is 20.1 Å². The molecule has 144 valence electrons. The van der Waals surface area contributed by atoms with Crippen LogP contribution in [0.2, 0.25) is 0 Å². The highest BCUT2D eigenvalue weighted by Crippen LogP contribution is 2.27. The van der Waals surface area contributed by atoms with Gasteiger partial charge in [0.1, 0.15) is 0 Å². The molecule has 0 atom stereocenters. The first-order chi connectivity index (χ1) is 13.0. The van der Waals surface area contributed by atoms with Crippen LogP contribution in [0.1, 0.15) is 35.7 Å². The fourth-order valence-electron chi connectivity index (χ4n) is 2.42. The molecule has 0 fully saturated rings. The number of rotatable bonds is 9. The monoisotopic (exact) mass is 370 g/mol. The summed E-state index contributed by atoms with van der Waals surface area (Å²) in [6, 6.07) is 12.3. The standard InChI is InChI=1S/C21H26N2O4/c1-4-5-12-22-21(25)16-7-9-17(10-8-16)23-20(24)14-27-18-11-6-15(2)13-19(18)26-3/h6-11,13H,4-5,12,14H2,1-3H3,(H,22,25)(H,23,24). The minimum Gasteiger partial charge on any atom is -0.493 e. The topological polar surface area (TPSA) is 76.7 Å². The molecule has 0 aliphatic rings. The van der Waals surface area contributed by atoms with Crippen molar-refractivity contribution in [2.75, 3.05) is 25.6 Å². The maximum Gasteiger partial charge on any atom is 0.262 e. The molecule has 6 nitrogen and oxygen atoms in total. The van der Waals surface area contributed by atoms with E-state index in [9.17, 15) is 9.59 Å². The SMILES string of the molecule is CCCCNC(=O)c1ccc(NC(=O)COc2ccc(C)cc2OC)cc1. The molecular formula is C21H26N2O4. The fraction of sp³-hybridized carbons (Fsp3) is 0.333. The van der Waals surface area contributed by atoms with Crippen LogP contribution in [0.15, 0.2) is 42.5 Å². The number of hydrogen-bond acceptors (Lipinski definition) is 4. The Balaban J connectivity index is 1.86. The summed E-state index contributed by atoms with van der Waals surface area (Å²) in [5, 5.41) is 5.60. The Morgan fingerprint density at radius 2 is 1.78 bits per heavy atom. The summed E-state index contributed by atoms with van der Waals surface area (Å²) >= 11 is 0. The molecule has 2 amide bonds. The summed E-state index contributed by atoms with van der Waals surface area (Å²) in [6.07, 6.45) is 1.98. The lowest BCUT2D eigenvalue weighted by Gasteiger charge is -2.11. The van der Waals surface area contributed by atoms with E-state index < -0.39 is 0 Å². The van der Waals surface area contributed by atoms with Crippen molar-refractivity contribution < 1.29 is 19.1 Å². The normalized spacial score (nSPS) is 10.2. The lowest BCUT2D eigenvalue weighted by atomic mass is 10.2. The minimum absolute atomic E-state index is 0.115. The second kappa shape index (κ2) is 10.2. The van der Waals surface area contributed by atoms with Crippen LogP contribution < -0.4 is 20.1 Å². The van der Waals surface area contributed by atoms with Crippen LogP contribution >= 0.6 is 0 Å². The fourth-order valence-corrected chi connectivity index (χ4v) is 2.42. The number of hydrogen-bond donors (Lipinski definition) is 2. The second-order valence-electron chi connectivity index (χ2n) is 6.18. The second-order valence-corrected chi connectivity index (χ2v) is 6.18. The largest absolute Gasteiger partial charge is 0.493 e. The van der Waals surface area contributed by atoms with Gasteiger partial charge >= 0.3 is 0 Å². The van der Waals surface area contributed by atoms with Crippen LogP contribution in [0.4, 0.5) is 5.69 Å². The van der Waals surface area contributed by atoms with E-state index in [0.717, 1.165) is 18.4 Å². The van der Waals surface area contributed by atoms with Crippen molar-refractivity contribution in [2.24, 2.45) is 0 Å². The molecule has 27 heavy (non-hydrogen) atoms. The number of ether oxygens (including phenoxy) is 2. The summed E-state index contributed by atoms with van der Waals surface area (Å²) < 4.78 is 10.8. The van der Waals surface area contributed by atoms with Gasteiger partial charge in [0.2, 0.25) is 0 Å². The van der Waals surface area contributed by atoms with E-state index in [4.69, 9.17) is 9.47 Å². The summed E-state index contributed by atoms with van der Waals surface area (Å²) in [5.74, 6) is 0.687. The van der Waals surface area contributed by atoms with Crippen molar-refractivity contribution in [3.05, 3.63) is 53.6 Å². The number of carbonyl (C=O) groups excluding carboxylic acids is 2.